The van der Waals surface area contributed by atoms with Crippen molar-refractivity contribution in [2.45, 2.75) is 12.7 Å². The monoisotopic (exact) mass is 233 g/mol. The number of hydrogen-bond donors (Lipinski definition) is 0. The molecular formula is C12H11NO2S. The van der Waals surface area contributed by atoms with Gasteiger partial charge in [0.15, 0.2) is 5.12 Å². The van der Waals surface area contributed by atoms with E-state index in [0.29, 0.717) is 11.6 Å². The van der Waals surface area contributed by atoms with Crippen LogP contribution >= 0.6 is 11.8 Å². The first-order chi connectivity index (χ1) is 7.75. The lowest BCUT2D eigenvalue weighted by molar-refractivity contribution is -0.109. The molecule has 2 rings (SSSR count). The van der Waals surface area contributed by atoms with Crippen LogP contribution in [-0.4, -0.2) is 10.1 Å². The minimum absolute atomic E-state index is 0.0873. The minimum atomic E-state index is 0.0873. The van der Waals surface area contributed by atoms with E-state index in [-0.39, 0.29) is 5.12 Å². The normalized spacial score (nSPS) is 10.3. The van der Waals surface area contributed by atoms with Gasteiger partial charge < -0.3 is 4.42 Å². The van der Waals surface area contributed by atoms with Crippen molar-refractivity contribution < 1.29 is 9.21 Å². The Morgan fingerprint density at radius 1 is 1.38 bits per heavy atom. The smallest absolute Gasteiger partial charge is 0.226 e. The highest BCUT2D eigenvalue weighted by Crippen LogP contribution is 2.20. The molecule has 1 heterocycles. The molecular weight excluding hydrogens is 222 g/mol. The molecule has 2 aromatic rings. The van der Waals surface area contributed by atoms with Gasteiger partial charge in [-0.05, 0) is 12.1 Å². The van der Waals surface area contributed by atoms with Crippen LogP contribution in [0.25, 0.3) is 11.5 Å². The molecule has 1 aromatic carbocycles. The fraction of sp³-hybridized carbons (Fsp3) is 0.167. The van der Waals surface area contributed by atoms with Crippen LogP contribution in [-0.2, 0) is 10.5 Å². The van der Waals surface area contributed by atoms with Crippen LogP contribution in [0.1, 0.15) is 12.6 Å². The summed E-state index contributed by atoms with van der Waals surface area (Å²) in [4.78, 5) is 15.1. The predicted molar refractivity (Wildman–Crippen MR) is 63.9 cm³/mol. The van der Waals surface area contributed by atoms with Gasteiger partial charge in [0.25, 0.3) is 0 Å². The predicted octanol–water partition coefficient (Wildman–Crippen LogP) is 3.12. The third kappa shape index (κ3) is 2.73. The van der Waals surface area contributed by atoms with Crippen molar-refractivity contribution in [3.63, 3.8) is 0 Å². The first-order valence-corrected chi connectivity index (χ1v) is 5.87. The molecule has 0 spiro atoms. The van der Waals surface area contributed by atoms with E-state index in [9.17, 15) is 4.79 Å². The highest BCUT2D eigenvalue weighted by atomic mass is 32.2. The molecule has 0 fully saturated rings. The summed E-state index contributed by atoms with van der Waals surface area (Å²) in [5.74, 6) is 1.16. The van der Waals surface area contributed by atoms with Crippen molar-refractivity contribution in [1.29, 1.82) is 0 Å². The lowest BCUT2D eigenvalue weighted by Gasteiger charge is -1.92. The molecule has 0 saturated carbocycles. The van der Waals surface area contributed by atoms with Crippen LogP contribution in [0, 0.1) is 0 Å². The molecule has 0 aliphatic carbocycles. The summed E-state index contributed by atoms with van der Waals surface area (Å²) in [6.07, 6.45) is 1.60. The largest absolute Gasteiger partial charge is 0.444 e. The highest BCUT2D eigenvalue weighted by Gasteiger charge is 2.06. The number of carbonyl (C=O) groups is 1. The van der Waals surface area contributed by atoms with Crippen molar-refractivity contribution in [2.75, 3.05) is 0 Å². The molecule has 0 radical (unpaired) electrons. The Balaban J connectivity index is 2.11. The molecule has 0 saturated heterocycles. The number of rotatable bonds is 3. The Hall–Kier alpha value is -1.55. The molecule has 0 unspecified atom stereocenters. The summed E-state index contributed by atoms with van der Waals surface area (Å²) >= 11 is 1.23. The maximum Gasteiger partial charge on any atom is 0.226 e. The van der Waals surface area contributed by atoms with Crippen molar-refractivity contribution in [2.24, 2.45) is 0 Å². The Kier molecular flexibility index (Phi) is 3.41. The molecule has 0 aliphatic rings. The van der Waals surface area contributed by atoms with Crippen LogP contribution in [0.5, 0.6) is 0 Å². The van der Waals surface area contributed by atoms with Crippen LogP contribution in [0.4, 0.5) is 0 Å². The zero-order chi connectivity index (χ0) is 11.4. The molecule has 3 nitrogen and oxygen atoms in total. The van der Waals surface area contributed by atoms with E-state index in [1.807, 2.05) is 30.3 Å². The van der Waals surface area contributed by atoms with E-state index in [4.69, 9.17) is 4.42 Å². The first-order valence-electron chi connectivity index (χ1n) is 4.89. The number of nitrogens with zero attached hydrogens (tertiary/aromatic N) is 1. The second kappa shape index (κ2) is 4.99. The quantitative estimate of drug-likeness (QED) is 0.817. The number of hydrogen-bond acceptors (Lipinski definition) is 4. The van der Waals surface area contributed by atoms with Gasteiger partial charge in [-0.3, -0.25) is 4.79 Å². The topological polar surface area (TPSA) is 43.1 Å². The molecule has 0 aliphatic heterocycles. The third-order valence-electron chi connectivity index (χ3n) is 2.00. The van der Waals surface area contributed by atoms with Gasteiger partial charge in [-0.2, -0.15) is 0 Å². The van der Waals surface area contributed by atoms with Crippen LogP contribution in [0.2, 0.25) is 0 Å². The highest BCUT2D eigenvalue weighted by molar-refractivity contribution is 8.12. The van der Waals surface area contributed by atoms with Crippen LogP contribution in [0.15, 0.2) is 41.0 Å². The molecule has 4 heteroatoms. The van der Waals surface area contributed by atoms with Crippen LogP contribution < -0.4 is 0 Å². The third-order valence-corrected chi connectivity index (χ3v) is 2.84. The van der Waals surface area contributed by atoms with Gasteiger partial charge in [0, 0.05) is 18.2 Å². The van der Waals surface area contributed by atoms with Crippen molar-refractivity contribution in [3.8, 4) is 11.5 Å². The lowest BCUT2D eigenvalue weighted by atomic mass is 10.2. The molecule has 0 N–H and O–H groups in total. The Labute approximate surface area is 97.9 Å². The molecule has 0 amide bonds. The summed E-state index contributed by atoms with van der Waals surface area (Å²) in [5.41, 5.74) is 1.74. The molecule has 82 valence electrons. The van der Waals surface area contributed by atoms with Crippen molar-refractivity contribution in [1.82, 2.24) is 4.98 Å². The maximum absolute atomic E-state index is 10.8. The van der Waals surface area contributed by atoms with Gasteiger partial charge in [-0.15, -0.1) is 0 Å². The number of thioether (sulfide) groups is 1. The Morgan fingerprint density at radius 3 is 2.81 bits per heavy atom. The van der Waals surface area contributed by atoms with Gasteiger partial charge in [-0.1, -0.05) is 30.0 Å². The van der Waals surface area contributed by atoms with E-state index in [2.05, 4.69) is 4.98 Å². The van der Waals surface area contributed by atoms with Gasteiger partial charge in [0.2, 0.25) is 5.89 Å². The number of aromatic nitrogens is 1. The summed E-state index contributed by atoms with van der Waals surface area (Å²) in [6, 6.07) is 9.69. The zero-order valence-corrected chi connectivity index (χ0v) is 9.66. The van der Waals surface area contributed by atoms with Crippen molar-refractivity contribution >= 4 is 16.9 Å². The van der Waals surface area contributed by atoms with Crippen LogP contribution in [0.3, 0.4) is 0 Å². The zero-order valence-electron chi connectivity index (χ0n) is 8.84. The average molecular weight is 233 g/mol. The summed E-state index contributed by atoms with van der Waals surface area (Å²) in [5, 5.41) is 0.0873. The van der Waals surface area contributed by atoms with Gasteiger partial charge >= 0.3 is 0 Å². The van der Waals surface area contributed by atoms with Gasteiger partial charge in [-0.25, -0.2) is 4.98 Å². The number of carbonyl (C=O) groups excluding carboxylic acids is 1. The Morgan fingerprint density at radius 2 is 2.12 bits per heavy atom. The van der Waals surface area contributed by atoms with Gasteiger partial charge in [0.1, 0.15) is 6.26 Å². The van der Waals surface area contributed by atoms with E-state index in [1.54, 1.807) is 13.2 Å². The molecule has 16 heavy (non-hydrogen) atoms. The minimum Gasteiger partial charge on any atom is -0.444 e. The molecule has 0 bridgehead atoms. The number of oxazole rings is 1. The number of benzene rings is 1. The standard InChI is InChI=1S/C12H11NO2S/c1-9(14)16-8-11-7-15-12(13-11)10-5-3-2-4-6-10/h2-7H,8H2,1H3. The first kappa shape index (κ1) is 11.0. The van der Waals surface area contributed by atoms with E-state index < -0.39 is 0 Å². The molecule has 1 aromatic heterocycles. The fourth-order valence-electron chi connectivity index (χ4n) is 1.26. The van der Waals surface area contributed by atoms with E-state index >= 15 is 0 Å². The second-order valence-electron chi connectivity index (χ2n) is 3.29. The van der Waals surface area contributed by atoms with Gasteiger partial charge in [0.05, 0.1) is 5.69 Å². The fourth-order valence-corrected chi connectivity index (χ4v) is 1.75. The molecule has 0 atom stereocenters. The summed E-state index contributed by atoms with van der Waals surface area (Å²) in [7, 11) is 0. The van der Waals surface area contributed by atoms with Crippen molar-refractivity contribution in [3.05, 3.63) is 42.3 Å². The summed E-state index contributed by atoms with van der Waals surface area (Å²) in [6.45, 7) is 1.54. The maximum atomic E-state index is 10.8. The second-order valence-corrected chi connectivity index (χ2v) is 4.44. The SMILES string of the molecule is CC(=O)SCc1coc(-c2ccccc2)n1. The van der Waals surface area contributed by atoms with E-state index in [0.717, 1.165) is 11.3 Å². The lowest BCUT2D eigenvalue weighted by Crippen LogP contribution is -1.86. The average Bonchev–Trinajstić information content (AvgIpc) is 2.76. The van der Waals surface area contributed by atoms with E-state index in [1.165, 1.54) is 11.8 Å². The summed E-state index contributed by atoms with van der Waals surface area (Å²) < 4.78 is 5.35. The Bertz CT molecular complexity index is 479.